The molecule has 1 heterocycles. The van der Waals surface area contributed by atoms with Crippen LogP contribution in [0.4, 0.5) is 0 Å². The van der Waals surface area contributed by atoms with Crippen LogP contribution in [0.2, 0.25) is 0 Å². The molecular formula is C19H21N3. The first kappa shape index (κ1) is 13.5. The van der Waals surface area contributed by atoms with E-state index < -0.39 is 0 Å². The summed E-state index contributed by atoms with van der Waals surface area (Å²) in [6.45, 7) is 2.34. The van der Waals surface area contributed by atoms with Crippen molar-refractivity contribution in [2.45, 2.75) is 38.6 Å². The average Bonchev–Trinajstić information content (AvgIpc) is 3.04. The quantitative estimate of drug-likeness (QED) is 0.675. The van der Waals surface area contributed by atoms with Crippen LogP contribution in [-0.4, -0.2) is 15.0 Å². The van der Waals surface area contributed by atoms with Gasteiger partial charge in [0.15, 0.2) is 0 Å². The minimum atomic E-state index is 0.514. The first-order valence-corrected chi connectivity index (χ1v) is 8.21. The molecule has 0 aliphatic heterocycles. The zero-order valence-corrected chi connectivity index (χ0v) is 12.9. The fourth-order valence-corrected chi connectivity index (χ4v) is 3.67. The number of rotatable bonds is 2. The van der Waals surface area contributed by atoms with Crippen molar-refractivity contribution >= 4 is 10.8 Å². The summed E-state index contributed by atoms with van der Waals surface area (Å²) in [4.78, 5) is 0. The van der Waals surface area contributed by atoms with Gasteiger partial charge in [0.05, 0.1) is 12.2 Å². The monoisotopic (exact) mass is 291 g/mol. The fraction of sp³-hybridized carbons (Fsp3) is 0.368. The summed E-state index contributed by atoms with van der Waals surface area (Å²) in [5, 5.41) is 11.4. The molecule has 0 bridgehead atoms. The van der Waals surface area contributed by atoms with Gasteiger partial charge in [-0.3, -0.25) is 0 Å². The molecule has 2 aromatic carbocycles. The molecule has 112 valence electrons. The molecule has 0 saturated heterocycles. The highest BCUT2D eigenvalue weighted by Crippen LogP contribution is 2.33. The summed E-state index contributed by atoms with van der Waals surface area (Å²) in [6.07, 6.45) is 7.22. The topological polar surface area (TPSA) is 30.7 Å². The van der Waals surface area contributed by atoms with E-state index in [2.05, 4.69) is 70.6 Å². The first-order valence-electron chi connectivity index (χ1n) is 8.21. The summed E-state index contributed by atoms with van der Waals surface area (Å²) >= 11 is 0. The van der Waals surface area contributed by atoms with E-state index in [1.807, 2.05) is 0 Å². The predicted molar refractivity (Wildman–Crippen MR) is 89.6 cm³/mol. The zero-order valence-electron chi connectivity index (χ0n) is 12.9. The molecule has 1 aromatic heterocycles. The van der Waals surface area contributed by atoms with Crippen LogP contribution >= 0.6 is 0 Å². The molecule has 1 aliphatic rings. The number of hydrogen-bond donors (Lipinski definition) is 0. The van der Waals surface area contributed by atoms with Crippen molar-refractivity contribution in [3.8, 4) is 11.3 Å². The third-order valence-electron chi connectivity index (χ3n) is 4.86. The number of nitrogens with zero attached hydrogens (tertiary/aromatic N) is 3. The summed E-state index contributed by atoms with van der Waals surface area (Å²) in [6, 6.07) is 15.4. The Morgan fingerprint density at radius 2 is 1.91 bits per heavy atom. The highest BCUT2D eigenvalue weighted by atomic mass is 15.4. The van der Waals surface area contributed by atoms with Gasteiger partial charge in [-0.2, -0.15) is 0 Å². The smallest absolute Gasteiger partial charge is 0.113 e. The van der Waals surface area contributed by atoms with Crippen molar-refractivity contribution in [2.75, 3.05) is 0 Å². The van der Waals surface area contributed by atoms with E-state index in [0.29, 0.717) is 6.04 Å². The van der Waals surface area contributed by atoms with Crippen LogP contribution in [0.1, 0.15) is 38.6 Å². The van der Waals surface area contributed by atoms with Crippen molar-refractivity contribution in [3.63, 3.8) is 0 Å². The van der Waals surface area contributed by atoms with Crippen molar-refractivity contribution in [1.29, 1.82) is 0 Å². The Morgan fingerprint density at radius 1 is 1.05 bits per heavy atom. The van der Waals surface area contributed by atoms with E-state index in [1.54, 1.807) is 0 Å². The lowest BCUT2D eigenvalue weighted by atomic mass is 9.87. The Labute approximate surface area is 131 Å². The maximum absolute atomic E-state index is 4.45. The van der Waals surface area contributed by atoms with E-state index in [9.17, 15) is 0 Å². The van der Waals surface area contributed by atoms with Crippen molar-refractivity contribution in [3.05, 3.63) is 48.7 Å². The van der Waals surface area contributed by atoms with Gasteiger partial charge < -0.3 is 0 Å². The third-order valence-corrected chi connectivity index (χ3v) is 4.86. The molecule has 2 unspecified atom stereocenters. The van der Waals surface area contributed by atoms with Gasteiger partial charge in [-0.25, -0.2) is 4.68 Å². The molecule has 2 atom stereocenters. The van der Waals surface area contributed by atoms with Crippen LogP contribution in [0.25, 0.3) is 22.0 Å². The van der Waals surface area contributed by atoms with Crippen molar-refractivity contribution < 1.29 is 0 Å². The molecule has 22 heavy (non-hydrogen) atoms. The van der Waals surface area contributed by atoms with Crippen LogP contribution in [-0.2, 0) is 0 Å². The van der Waals surface area contributed by atoms with Gasteiger partial charge in [0, 0.05) is 5.56 Å². The minimum absolute atomic E-state index is 0.514. The van der Waals surface area contributed by atoms with Crippen LogP contribution in [0, 0.1) is 5.92 Å². The van der Waals surface area contributed by atoms with Crippen LogP contribution in [0.3, 0.4) is 0 Å². The average molecular weight is 291 g/mol. The van der Waals surface area contributed by atoms with E-state index in [-0.39, 0.29) is 0 Å². The molecule has 1 aliphatic carbocycles. The second-order valence-electron chi connectivity index (χ2n) is 6.54. The largest absolute Gasteiger partial charge is 0.249 e. The molecule has 3 heteroatoms. The molecule has 0 spiro atoms. The summed E-state index contributed by atoms with van der Waals surface area (Å²) in [5.41, 5.74) is 2.16. The number of benzene rings is 2. The molecule has 0 radical (unpaired) electrons. The molecular weight excluding hydrogens is 270 g/mol. The second-order valence-corrected chi connectivity index (χ2v) is 6.54. The SMILES string of the molecule is CC1CCCC(n2cc(-c3cccc4ccccc34)nn2)C1. The summed E-state index contributed by atoms with van der Waals surface area (Å²) in [7, 11) is 0. The Morgan fingerprint density at radius 3 is 2.82 bits per heavy atom. The predicted octanol–water partition coefficient (Wildman–Crippen LogP) is 4.85. The lowest BCUT2D eigenvalue weighted by Crippen LogP contribution is -2.18. The molecule has 1 fully saturated rings. The van der Waals surface area contributed by atoms with Gasteiger partial charge in [-0.1, -0.05) is 67.4 Å². The van der Waals surface area contributed by atoms with Gasteiger partial charge in [0.1, 0.15) is 5.69 Å². The standard InChI is InChI=1S/C19H21N3/c1-14-6-4-9-16(12-14)22-13-19(20-21-22)18-11-5-8-15-7-2-3-10-17(15)18/h2-3,5,7-8,10-11,13-14,16H,4,6,9,12H2,1H3. The van der Waals surface area contributed by atoms with Gasteiger partial charge >= 0.3 is 0 Å². The molecule has 3 nitrogen and oxygen atoms in total. The zero-order chi connectivity index (χ0) is 14.9. The summed E-state index contributed by atoms with van der Waals surface area (Å²) in [5.74, 6) is 0.795. The van der Waals surface area contributed by atoms with Gasteiger partial charge in [0.2, 0.25) is 0 Å². The maximum Gasteiger partial charge on any atom is 0.113 e. The van der Waals surface area contributed by atoms with E-state index >= 15 is 0 Å². The maximum atomic E-state index is 4.45. The lowest BCUT2D eigenvalue weighted by Gasteiger charge is -2.26. The number of aromatic nitrogens is 3. The Hall–Kier alpha value is -2.16. The van der Waals surface area contributed by atoms with Gasteiger partial charge in [-0.15, -0.1) is 5.10 Å². The van der Waals surface area contributed by atoms with Crippen LogP contribution in [0.5, 0.6) is 0 Å². The van der Waals surface area contributed by atoms with E-state index in [1.165, 1.54) is 42.0 Å². The molecule has 0 N–H and O–H groups in total. The second kappa shape index (κ2) is 5.56. The third kappa shape index (κ3) is 2.41. The Balaban J connectivity index is 1.71. The fourth-order valence-electron chi connectivity index (χ4n) is 3.67. The number of hydrogen-bond acceptors (Lipinski definition) is 2. The van der Waals surface area contributed by atoms with Crippen molar-refractivity contribution in [2.24, 2.45) is 5.92 Å². The minimum Gasteiger partial charge on any atom is -0.249 e. The molecule has 4 rings (SSSR count). The number of fused-ring (bicyclic) bond motifs is 1. The van der Waals surface area contributed by atoms with E-state index in [0.717, 1.165) is 11.6 Å². The lowest BCUT2D eigenvalue weighted by molar-refractivity contribution is 0.263. The van der Waals surface area contributed by atoms with Crippen LogP contribution in [0.15, 0.2) is 48.7 Å². The highest BCUT2D eigenvalue weighted by molar-refractivity contribution is 5.95. The van der Waals surface area contributed by atoms with Gasteiger partial charge in [-0.05, 0) is 29.5 Å². The van der Waals surface area contributed by atoms with Crippen molar-refractivity contribution in [1.82, 2.24) is 15.0 Å². The molecule has 3 aromatic rings. The molecule has 0 amide bonds. The molecule has 1 saturated carbocycles. The normalized spacial score (nSPS) is 22.0. The Bertz CT molecular complexity index is 785. The van der Waals surface area contributed by atoms with Gasteiger partial charge in [0.25, 0.3) is 0 Å². The first-order chi connectivity index (χ1) is 10.8. The van der Waals surface area contributed by atoms with E-state index in [4.69, 9.17) is 0 Å². The summed E-state index contributed by atoms with van der Waals surface area (Å²) < 4.78 is 2.09. The Kier molecular flexibility index (Phi) is 3.41. The van der Waals surface area contributed by atoms with Crippen LogP contribution < -0.4 is 0 Å². The highest BCUT2D eigenvalue weighted by Gasteiger charge is 2.21.